The number of benzene rings is 3. The van der Waals surface area contributed by atoms with E-state index in [4.69, 9.17) is 4.74 Å². The van der Waals surface area contributed by atoms with E-state index in [0.717, 1.165) is 0 Å². The Bertz CT molecular complexity index is 2030. The first kappa shape index (κ1) is 27.1. The number of nitrogens with one attached hydrogen (secondary N) is 2. The molecule has 0 spiro atoms. The zero-order chi connectivity index (χ0) is 30.5. The molecule has 0 aliphatic carbocycles. The van der Waals surface area contributed by atoms with Crippen LogP contribution >= 0.6 is 0 Å². The number of fused-ring (bicyclic) bond motifs is 10. The highest BCUT2D eigenvalue weighted by molar-refractivity contribution is 6.39. The summed E-state index contributed by atoms with van der Waals surface area (Å²) >= 11 is 0. The third kappa shape index (κ3) is 3.54. The van der Waals surface area contributed by atoms with Crippen LogP contribution in [0.2, 0.25) is 0 Å². The predicted molar refractivity (Wildman–Crippen MR) is 147 cm³/mol. The normalized spacial score (nSPS) is 24.2. The van der Waals surface area contributed by atoms with Crippen LogP contribution in [-0.2, 0) is 9.53 Å². The van der Waals surface area contributed by atoms with Crippen LogP contribution in [-0.4, -0.2) is 106 Å². The zero-order valence-corrected chi connectivity index (χ0v) is 21.9. The quantitative estimate of drug-likeness (QED) is 0.123. The molecule has 5 aromatic rings. The highest BCUT2D eigenvalue weighted by Crippen LogP contribution is 2.49. The number of carboxylic acids is 1. The number of carbonyl (C=O) groups excluding carboxylic acids is 2. The first-order valence-corrected chi connectivity index (χ1v) is 13.2. The highest BCUT2D eigenvalue weighted by Gasteiger charge is 2.47. The third-order valence-electron chi connectivity index (χ3n) is 8.15. The Morgan fingerprint density at radius 2 is 1.51 bits per heavy atom. The van der Waals surface area contributed by atoms with Crippen molar-refractivity contribution in [3.05, 3.63) is 47.5 Å². The zero-order valence-electron chi connectivity index (χ0n) is 21.9. The van der Waals surface area contributed by atoms with Crippen molar-refractivity contribution < 1.29 is 54.9 Å². The fraction of sp³-hybridized carbons (Fsp3) is 0.250. The van der Waals surface area contributed by atoms with Crippen molar-refractivity contribution in [3.63, 3.8) is 0 Å². The Balaban J connectivity index is 1.68. The summed E-state index contributed by atoms with van der Waals surface area (Å²) in [4.78, 5) is 42.1. The number of carbonyl (C=O) groups is 3. The van der Waals surface area contributed by atoms with Gasteiger partial charge in [-0.15, -0.1) is 0 Å². The van der Waals surface area contributed by atoms with E-state index in [9.17, 15) is 50.1 Å². The molecule has 0 bridgehead atoms. The summed E-state index contributed by atoms with van der Waals surface area (Å²) < 4.78 is 7.19. The topological polar surface area (TPSA) is 238 Å². The summed E-state index contributed by atoms with van der Waals surface area (Å²) in [5.41, 5.74) is 2.61. The fourth-order valence-corrected chi connectivity index (χ4v) is 6.32. The molecule has 0 unspecified atom stereocenters. The molecule has 2 aliphatic rings. The number of imide groups is 1. The SMILES string of the molecule is O=C(O)CNN1C(=O)c2c(c3c4cccc(O)c4n([C@@H]4O[C@H](CO)[C@@H](O)[C@H](O)[C@H]4O)c3c3[nH]c4c(O)cccc4c23)C1=O. The maximum absolute atomic E-state index is 13.9. The largest absolute Gasteiger partial charge is 0.506 e. The number of H-pyrrole nitrogens is 1. The molecular formula is C28H24N4O11. The molecule has 2 aromatic heterocycles. The van der Waals surface area contributed by atoms with Crippen molar-refractivity contribution in [2.45, 2.75) is 30.6 Å². The van der Waals surface area contributed by atoms with Crippen molar-refractivity contribution >= 4 is 61.4 Å². The molecule has 4 heterocycles. The van der Waals surface area contributed by atoms with Gasteiger partial charge < -0.3 is 50.0 Å². The van der Waals surface area contributed by atoms with Gasteiger partial charge in [-0.1, -0.05) is 24.3 Å². The molecule has 7 rings (SSSR count). The second-order valence-electron chi connectivity index (χ2n) is 10.5. The number of hydrogen-bond donors (Lipinski definition) is 9. The number of hydrazine groups is 1. The van der Waals surface area contributed by atoms with Gasteiger partial charge in [0.2, 0.25) is 0 Å². The number of nitrogens with zero attached hydrogens (tertiary/aromatic N) is 2. The van der Waals surface area contributed by atoms with Gasteiger partial charge in [0.05, 0.1) is 39.8 Å². The molecule has 222 valence electrons. The lowest BCUT2D eigenvalue weighted by Crippen LogP contribution is -2.56. The number of para-hydroxylation sites is 2. The van der Waals surface area contributed by atoms with Gasteiger partial charge in [-0.25, -0.2) is 10.4 Å². The van der Waals surface area contributed by atoms with Gasteiger partial charge in [0, 0.05) is 21.5 Å². The number of hydrogen-bond acceptors (Lipinski definition) is 11. The van der Waals surface area contributed by atoms with E-state index in [0.29, 0.717) is 10.4 Å². The summed E-state index contributed by atoms with van der Waals surface area (Å²) in [6, 6.07) is 8.91. The van der Waals surface area contributed by atoms with Gasteiger partial charge in [0.15, 0.2) is 6.23 Å². The minimum Gasteiger partial charge on any atom is -0.506 e. The average Bonchev–Trinajstić information content (AvgIpc) is 3.60. The molecule has 3 aromatic carbocycles. The van der Waals surface area contributed by atoms with Crippen molar-refractivity contribution in [1.82, 2.24) is 20.0 Å². The lowest BCUT2D eigenvalue weighted by molar-refractivity contribution is -0.249. The molecular weight excluding hydrogens is 568 g/mol. The molecule has 15 heteroatoms. The lowest BCUT2D eigenvalue weighted by atomic mass is 9.96. The monoisotopic (exact) mass is 592 g/mol. The molecule has 1 fully saturated rings. The Kier molecular flexibility index (Phi) is 5.90. The number of phenols is 2. The number of ether oxygens (including phenoxy) is 1. The number of aliphatic hydroxyl groups is 4. The maximum atomic E-state index is 13.9. The van der Waals surface area contributed by atoms with Gasteiger partial charge >= 0.3 is 5.97 Å². The molecule has 0 radical (unpaired) electrons. The van der Waals surface area contributed by atoms with Crippen molar-refractivity contribution in [3.8, 4) is 11.5 Å². The van der Waals surface area contributed by atoms with E-state index < -0.39 is 61.6 Å². The second-order valence-corrected chi connectivity index (χ2v) is 10.5. The molecule has 5 atom stereocenters. The molecule has 1 saturated heterocycles. The smallest absolute Gasteiger partial charge is 0.319 e. The van der Waals surface area contributed by atoms with Crippen LogP contribution < -0.4 is 5.43 Å². The van der Waals surface area contributed by atoms with E-state index in [1.54, 1.807) is 12.1 Å². The molecule has 2 amide bonds. The minimum atomic E-state index is -1.80. The number of carboxylic acid groups (broad SMARTS) is 1. The average molecular weight is 593 g/mol. The number of phenolic OH excluding ortho intramolecular Hbond substituents is 2. The molecule has 2 aliphatic heterocycles. The van der Waals surface area contributed by atoms with Gasteiger partial charge in [-0.05, 0) is 12.1 Å². The minimum absolute atomic E-state index is 0.0246. The Morgan fingerprint density at radius 1 is 0.860 bits per heavy atom. The standard InChI is InChI=1S/C28H24N4O11/c33-8-13-23(38)24(39)25(40)28(43-13)31-21-10(4-2-6-12(21)35)16-18-17(26(41)32(27(18)42)29-7-14(36)37)15-9-3-1-5-11(34)19(9)30-20(15)22(16)31/h1-6,13,23-25,28-30,33-35,38-40H,7-8H2,(H,36,37)/t13-,23-,24+,25-,28-/m1/s1. The summed E-state index contributed by atoms with van der Waals surface area (Å²) in [5.74, 6) is -3.59. The number of aromatic amines is 1. The van der Waals surface area contributed by atoms with Gasteiger partial charge in [0.1, 0.15) is 42.5 Å². The number of amides is 2. The summed E-state index contributed by atoms with van der Waals surface area (Å²) in [6.07, 6.45) is -8.13. The van der Waals surface area contributed by atoms with Crippen molar-refractivity contribution in [2.24, 2.45) is 0 Å². The van der Waals surface area contributed by atoms with Crippen molar-refractivity contribution in [1.29, 1.82) is 0 Å². The summed E-state index contributed by atoms with van der Waals surface area (Å²) in [7, 11) is 0. The Morgan fingerprint density at radius 3 is 2.19 bits per heavy atom. The van der Waals surface area contributed by atoms with Crippen LogP contribution in [0.3, 0.4) is 0 Å². The van der Waals surface area contributed by atoms with Crippen LogP contribution in [0.15, 0.2) is 36.4 Å². The van der Waals surface area contributed by atoms with Gasteiger partial charge in [-0.3, -0.25) is 14.4 Å². The number of aliphatic carboxylic acids is 1. The number of rotatable bonds is 5. The van der Waals surface area contributed by atoms with E-state index >= 15 is 0 Å². The molecule has 9 N–H and O–H groups in total. The predicted octanol–water partition coefficient (Wildman–Crippen LogP) is -0.00220. The van der Waals surface area contributed by atoms with Gasteiger partial charge in [0.25, 0.3) is 11.8 Å². The molecule has 0 saturated carbocycles. The first-order chi connectivity index (χ1) is 20.6. The number of aliphatic hydroxyl groups excluding tert-OH is 4. The van der Waals surface area contributed by atoms with Crippen LogP contribution in [0.25, 0.3) is 43.6 Å². The Hall–Kier alpha value is -4.77. The van der Waals surface area contributed by atoms with E-state index in [1.807, 2.05) is 0 Å². The highest BCUT2D eigenvalue weighted by atomic mass is 16.6. The number of aromatic nitrogens is 2. The van der Waals surface area contributed by atoms with Crippen LogP contribution in [0.1, 0.15) is 26.9 Å². The van der Waals surface area contributed by atoms with E-state index in [1.165, 1.54) is 28.8 Å². The fourth-order valence-electron chi connectivity index (χ4n) is 6.32. The van der Waals surface area contributed by atoms with Crippen LogP contribution in [0.5, 0.6) is 11.5 Å². The summed E-state index contributed by atoms with van der Waals surface area (Å²) in [6.45, 7) is -1.48. The molecule has 15 nitrogen and oxygen atoms in total. The van der Waals surface area contributed by atoms with Gasteiger partial charge in [-0.2, -0.15) is 0 Å². The van der Waals surface area contributed by atoms with Crippen LogP contribution in [0, 0.1) is 0 Å². The second kappa shape index (κ2) is 9.37. The summed E-state index contributed by atoms with van der Waals surface area (Å²) in [5, 5.41) is 74.6. The van der Waals surface area contributed by atoms with Crippen LogP contribution in [0.4, 0.5) is 0 Å². The van der Waals surface area contributed by atoms with E-state index in [2.05, 4.69) is 10.4 Å². The van der Waals surface area contributed by atoms with E-state index in [-0.39, 0.29) is 60.9 Å². The third-order valence-corrected chi connectivity index (χ3v) is 8.15. The first-order valence-electron chi connectivity index (χ1n) is 13.2. The lowest BCUT2D eigenvalue weighted by Gasteiger charge is -2.41. The van der Waals surface area contributed by atoms with Crippen molar-refractivity contribution in [2.75, 3.05) is 13.2 Å². The number of aromatic hydroxyl groups is 2. The maximum Gasteiger partial charge on any atom is 0.319 e. The Labute approximate surface area is 239 Å². The molecule has 43 heavy (non-hydrogen) atoms.